The minimum absolute atomic E-state index is 0.0309. The Hall–Kier alpha value is -2.10. The molecule has 0 N–H and O–H groups in total. The van der Waals surface area contributed by atoms with Crippen molar-refractivity contribution in [2.75, 3.05) is 19.8 Å². The number of amides is 1. The summed E-state index contributed by atoms with van der Waals surface area (Å²) >= 11 is 0. The van der Waals surface area contributed by atoms with Crippen molar-refractivity contribution in [1.29, 1.82) is 0 Å². The Bertz CT molecular complexity index is 670. The molecule has 5 heteroatoms. The molecular formula is C19H23NO4. The molecule has 2 aliphatic heterocycles. The molecule has 5 nitrogen and oxygen atoms in total. The maximum Gasteiger partial charge on any atom is 0.414 e. The van der Waals surface area contributed by atoms with Gasteiger partial charge in [-0.1, -0.05) is 24.3 Å². The van der Waals surface area contributed by atoms with E-state index in [0.29, 0.717) is 25.3 Å². The standard InChI is InChI=1S/C19H23NO4/c1-18(2,3)24-17(22)20-9-8-19(12-23-13-19)10-16(20)15-7-5-4-6-14(15)11-21/h4-7,10,15H,8-9,12-13H2,1-3H3. The number of allylic oxidation sites excluding steroid dienone is 4. The molecule has 0 aromatic heterocycles. The van der Waals surface area contributed by atoms with E-state index in [1.54, 1.807) is 17.1 Å². The number of carbonyl (C=O) groups is 1. The van der Waals surface area contributed by atoms with E-state index >= 15 is 0 Å². The summed E-state index contributed by atoms with van der Waals surface area (Å²) in [7, 11) is 0. The lowest BCUT2D eigenvalue weighted by Crippen LogP contribution is -2.50. The van der Waals surface area contributed by atoms with E-state index in [4.69, 9.17) is 9.47 Å². The first kappa shape index (κ1) is 16.7. The van der Waals surface area contributed by atoms with Crippen molar-refractivity contribution < 1.29 is 19.1 Å². The van der Waals surface area contributed by atoms with Crippen LogP contribution < -0.4 is 0 Å². The fourth-order valence-corrected chi connectivity index (χ4v) is 3.19. The summed E-state index contributed by atoms with van der Waals surface area (Å²) in [6.45, 7) is 7.42. The molecule has 0 bridgehead atoms. The second kappa shape index (κ2) is 6.08. The van der Waals surface area contributed by atoms with Gasteiger partial charge < -0.3 is 9.47 Å². The van der Waals surface area contributed by atoms with Gasteiger partial charge in [-0.25, -0.2) is 9.59 Å². The van der Waals surface area contributed by atoms with Crippen LogP contribution in [0.2, 0.25) is 0 Å². The first-order valence-corrected chi connectivity index (χ1v) is 8.24. The molecule has 3 aliphatic rings. The zero-order chi connectivity index (χ0) is 17.4. The summed E-state index contributed by atoms with van der Waals surface area (Å²) in [4.78, 5) is 25.6. The van der Waals surface area contributed by atoms with Crippen molar-refractivity contribution in [3.05, 3.63) is 41.7 Å². The summed E-state index contributed by atoms with van der Waals surface area (Å²) in [5.41, 5.74) is 0.715. The second-order valence-corrected chi connectivity index (χ2v) is 7.59. The van der Waals surface area contributed by atoms with Crippen LogP contribution in [0.15, 0.2) is 41.7 Å². The summed E-state index contributed by atoms with van der Waals surface area (Å²) in [5, 5.41) is 0. The number of rotatable bonds is 1. The molecule has 0 aromatic carbocycles. The molecular weight excluding hydrogens is 306 g/mol. The Morgan fingerprint density at radius 2 is 2.12 bits per heavy atom. The minimum Gasteiger partial charge on any atom is -0.443 e. The monoisotopic (exact) mass is 329 g/mol. The predicted octanol–water partition coefficient (Wildman–Crippen LogP) is 3.03. The average Bonchev–Trinajstić information content (AvgIpc) is 2.51. The van der Waals surface area contributed by atoms with Crippen LogP contribution in [0.5, 0.6) is 0 Å². The zero-order valence-electron chi connectivity index (χ0n) is 14.4. The van der Waals surface area contributed by atoms with Crippen LogP contribution in [0.1, 0.15) is 27.2 Å². The molecule has 1 atom stereocenters. The largest absolute Gasteiger partial charge is 0.443 e. The van der Waals surface area contributed by atoms with Gasteiger partial charge in [-0.15, -0.1) is 0 Å². The lowest BCUT2D eigenvalue weighted by atomic mass is 9.76. The molecule has 2 heterocycles. The first-order chi connectivity index (χ1) is 11.3. The van der Waals surface area contributed by atoms with Crippen LogP contribution >= 0.6 is 0 Å². The van der Waals surface area contributed by atoms with Gasteiger partial charge in [0.25, 0.3) is 0 Å². The third kappa shape index (κ3) is 3.23. The summed E-state index contributed by atoms with van der Waals surface area (Å²) in [5.74, 6) is 1.72. The van der Waals surface area contributed by atoms with Crippen LogP contribution in [0.25, 0.3) is 0 Å². The van der Waals surface area contributed by atoms with Crippen LogP contribution in [-0.4, -0.2) is 42.3 Å². The van der Waals surface area contributed by atoms with E-state index in [0.717, 1.165) is 12.1 Å². The Morgan fingerprint density at radius 1 is 1.38 bits per heavy atom. The van der Waals surface area contributed by atoms with E-state index in [2.05, 4.69) is 6.08 Å². The highest BCUT2D eigenvalue weighted by molar-refractivity contribution is 5.72. The van der Waals surface area contributed by atoms with Crippen molar-refractivity contribution in [3.63, 3.8) is 0 Å². The topological polar surface area (TPSA) is 55.8 Å². The summed E-state index contributed by atoms with van der Waals surface area (Å²) in [6, 6.07) is 0. The van der Waals surface area contributed by atoms with Gasteiger partial charge in [0.15, 0.2) is 0 Å². The quantitative estimate of drug-likeness (QED) is 0.694. The molecule has 0 aromatic rings. The van der Waals surface area contributed by atoms with E-state index < -0.39 is 5.60 Å². The number of ether oxygens (including phenoxy) is 2. The number of hydrogen-bond acceptors (Lipinski definition) is 4. The molecule has 1 saturated heterocycles. The molecule has 1 aliphatic carbocycles. The third-order valence-electron chi connectivity index (χ3n) is 4.45. The van der Waals surface area contributed by atoms with Crippen LogP contribution in [0.3, 0.4) is 0 Å². The molecule has 128 valence electrons. The van der Waals surface area contributed by atoms with Gasteiger partial charge in [-0.05, 0) is 33.3 Å². The third-order valence-corrected chi connectivity index (χ3v) is 4.45. The average molecular weight is 329 g/mol. The van der Waals surface area contributed by atoms with Crippen molar-refractivity contribution in [1.82, 2.24) is 4.90 Å². The lowest BCUT2D eigenvalue weighted by molar-refractivity contribution is -0.0952. The number of carbonyl (C=O) groups excluding carboxylic acids is 2. The fourth-order valence-electron chi connectivity index (χ4n) is 3.19. The van der Waals surface area contributed by atoms with E-state index in [-0.39, 0.29) is 17.4 Å². The van der Waals surface area contributed by atoms with Gasteiger partial charge in [0.1, 0.15) is 11.5 Å². The Morgan fingerprint density at radius 3 is 2.71 bits per heavy atom. The van der Waals surface area contributed by atoms with Crippen LogP contribution in [0.4, 0.5) is 4.79 Å². The second-order valence-electron chi connectivity index (χ2n) is 7.59. The Kier molecular flexibility index (Phi) is 4.24. The molecule has 1 amide bonds. The zero-order valence-corrected chi connectivity index (χ0v) is 14.4. The maximum atomic E-state index is 12.7. The van der Waals surface area contributed by atoms with Crippen molar-refractivity contribution in [2.24, 2.45) is 11.3 Å². The van der Waals surface area contributed by atoms with Crippen LogP contribution in [0, 0.1) is 11.3 Å². The van der Waals surface area contributed by atoms with Gasteiger partial charge in [-0.2, -0.15) is 0 Å². The fraction of sp³-hybridized carbons (Fsp3) is 0.526. The number of nitrogens with zero attached hydrogens (tertiary/aromatic N) is 1. The molecule has 1 unspecified atom stereocenters. The Labute approximate surface area is 142 Å². The minimum atomic E-state index is -0.567. The highest BCUT2D eigenvalue weighted by Gasteiger charge is 2.44. The van der Waals surface area contributed by atoms with Gasteiger partial charge in [0, 0.05) is 23.2 Å². The number of hydrogen-bond donors (Lipinski definition) is 0. The van der Waals surface area contributed by atoms with E-state index in [1.165, 1.54) is 0 Å². The predicted molar refractivity (Wildman–Crippen MR) is 89.9 cm³/mol. The first-order valence-electron chi connectivity index (χ1n) is 8.24. The molecule has 1 spiro atoms. The molecule has 0 saturated carbocycles. The summed E-state index contributed by atoms with van der Waals surface area (Å²) in [6.07, 6.45) is 9.90. The van der Waals surface area contributed by atoms with Crippen LogP contribution in [-0.2, 0) is 14.3 Å². The summed E-state index contributed by atoms with van der Waals surface area (Å²) < 4.78 is 10.9. The van der Waals surface area contributed by atoms with Gasteiger partial charge in [0.2, 0.25) is 0 Å². The Balaban J connectivity index is 1.95. The van der Waals surface area contributed by atoms with Crippen molar-refractivity contribution in [2.45, 2.75) is 32.8 Å². The lowest BCUT2D eigenvalue weighted by Gasteiger charge is -2.46. The molecule has 1 fully saturated rings. The SMILES string of the molecule is CC(C)(C)OC(=O)N1CCC2(C=C1C1C=CC=CC1=C=O)COC2. The highest BCUT2D eigenvalue weighted by atomic mass is 16.6. The van der Waals surface area contributed by atoms with Crippen molar-refractivity contribution in [3.8, 4) is 0 Å². The normalized spacial score (nSPS) is 25.1. The van der Waals surface area contributed by atoms with Gasteiger partial charge in [0.05, 0.1) is 19.1 Å². The van der Waals surface area contributed by atoms with E-state index in [9.17, 15) is 9.59 Å². The smallest absolute Gasteiger partial charge is 0.414 e. The van der Waals surface area contributed by atoms with Gasteiger partial charge >= 0.3 is 6.09 Å². The van der Waals surface area contributed by atoms with E-state index in [1.807, 2.05) is 38.9 Å². The molecule has 24 heavy (non-hydrogen) atoms. The highest BCUT2D eigenvalue weighted by Crippen LogP contribution is 2.42. The van der Waals surface area contributed by atoms with Gasteiger partial charge in [-0.3, -0.25) is 4.90 Å². The van der Waals surface area contributed by atoms with Crippen molar-refractivity contribution >= 4 is 12.0 Å². The maximum absolute atomic E-state index is 12.7. The molecule has 3 rings (SSSR count). The molecule has 0 radical (unpaired) electrons.